The lowest BCUT2D eigenvalue weighted by atomic mass is 10.0. The number of hydrogen-bond acceptors (Lipinski definition) is 5. The smallest absolute Gasteiger partial charge is 0.214 e. The highest BCUT2D eigenvalue weighted by Crippen LogP contribution is 2.19. The van der Waals surface area contributed by atoms with Gasteiger partial charge >= 0.3 is 0 Å². The van der Waals surface area contributed by atoms with Gasteiger partial charge in [0.25, 0.3) is 0 Å². The molecule has 1 unspecified atom stereocenters. The van der Waals surface area contributed by atoms with Crippen molar-refractivity contribution in [3.05, 3.63) is 24.3 Å². The fraction of sp³-hybridized carbons (Fsp3) is 0.571. The highest BCUT2D eigenvalue weighted by Gasteiger charge is 2.14. The van der Waals surface area contributed by atoms with Crippen molar-refractivity contribution in [1.82, 2.24) is 4.72 Å². The first-order valence-corrected chi connectivity index (χ1v) is 8.69. The van der Waals surface area contributed by atoms with Gasteiger partial charge in [-0.15, -0.1) is 0 Å². The van der Waals surface area contributed by atoms with Gasteiger partial charge in [-0.3, -0.25) is 0 Å². The maximum absolute atomic E-state index is 11.8. The number of aliphatic hydroxyl groups is 1. The number of hydrogen-bond donors (Lipinski definition) is 3. The third kappa shape index (κ3) is 6.79. The van der Waals surface area contributed by atoms with Gasteiger partial charge in [-0.2, -0.15) is 0 Å². The van der Waals surface area contributed by atoms with E-state index in [0.717, 1.165) is 6.42 Å². The minimum Gasteiger partial charge on any atom is -0.490 e. The molecule has 0 fully saturated rings. The lowest BCUT2D eigenvalue weighted by molar-refractivity contribution is 0.254. The summed E-state index contributed by atoms with van der Waals surface area (Å²) < 4.78 is 31.6. The van der Waals surface area contributed by atoms with Crippen LogP contribution in [0.2, 0.25) is 0 Å². The second-order valence-electron chi connectivity index (χ2n) is 4.84. The van der Waals surface area contributed by atoms with E-state index < -0.39 is 10.0 Å². The zero-order chi connectivity index (χ0) is 15.7. The Morgan fingerprint density at radius 1 is 1.38 bits per heavy atom. The molecule has 4 N–H and O–H groups in total. The molecule has 21 heavy (non-hydrogen) atoms. The first-order valence-electron chi connectivity index (χ1n) is 7.04. The van der Waals surface area contributed by atoms with Crippen LogP contribution in [0, 0.1) is 5.92 Å². The summed E-state index contributed by atoms with van der Waals surface area (Å²) in [7, 11) is -3.39. The summed E-state index contributed by atoms with van der Waals surface area (Å²) in [5, 5.41) is 8.88. The van der Waals surface area contributed by atoms with Gasteiger partial charge in [0.15, 0.2) is 0 Å². The van der Waals surface area contributed by atoms with Crippen molar-refractivity contribution in [2.24, 2.45) is 5.92 Å². The molecule has 0 aromatic heterocycles. The predicted octanol–water partition coefficient (Wildman–Crippen LogP) is 0.976. The van der Waals surface area contributed by atoms with Gasteiger partial charge < -0.3 is 15.6 Å². The summed E-state index contributed by atoms with van der Waals surface area (Å²) >= 11 is 0. The quantitative estimate of drug-likeness (QED) is 0.558. The average Bonchev–Trinajstić information content (AvgIpc) is 2.45. The molecule has 1 aromatic carbocycles. The molecule has 120 valence electrons. The number of ether oxygens (including phenoxy) is 1. The molecule has 0 spiro atoms. The number of sulfonamides is 1. The zero-order valence-corrected chi connectivity index (χ0v) is 13.1. The Morgan fingerprint density at radius 2 is 2.10 bits per heavy atom. The largest absolute Gasteiger partial charge is 0.490 e. The third-order valence-electron chi connectivity index (χ3n) is 3.24. The van der Waals surface area contributed by atoms with Gasteiger partial charge in [-0.1, -0.05) is 25.5 Å². The van der Waals surface area contributed by atoms with E-state index in [0.29, 0.717) is 24.4 Å². The van der Waals surface area contributed by atoms with Crippen LogP contribution in [0.15, 0.2) is 24.3 Å². The Balaban J connectivity index is 2.38. The van der Waals surface area contributed by atoms with Crippen molar-refractivity contribution < 1.29 is 18.3 Å². The Morgan fingerprint density at radius 3 is 2.71 bits per heavy atom. The normalized spacial score (nSPS) is 13.0. The van der Waals surface area contributed by atoms with E-state index in [1.54, 1.807) is 24.3 Å². The van der Waals surface area contributed by atoms with Gasteiger partial charge in [0.05, 0.1) is 11.4 Å². The maximum atomic E-state index is 11.8. The van der Waals surface area contributed by atoms with E-state index in [9.17, 15) is 8.42 Å². The van der Waals surface area contributed by atoms with Crippen molar-refractivity contribution in [1.29, 1.82) is 0 Å². The minimum absolute atomic E-state index is 0.0420. The molecule has 1 rings (SSSR count). The molecule has 0 aliphatic heterocycles. The molecule has 6 nitrogen and oxygen atoms in total. The Hall–Kier alpha value is -1.31. The molecule has 0 radical (unpaired) electrons. The number of nitrogens with two attached hydrogens (primary N) is 1. The van der Waals surface area contributed by atoms with Gasteiger partial charge in [0.2, 0.25) is 10.0 Å². The fourth-order valence-electron chi connectivity index (χ4n) is 1.82. The molecule has 0 amide bonds. The number of aliphatic hydroxyl groups excluding tert-OH is 1. The molecule has 7 heteroatoms. The van der Waals surface area contributed by atoms with Crippen molar-refractivity contribution in [2.75, 3.05) is 31.2 Å². The topological polar surface area (TPSA) is 102 Å². The molecule has 0 aliphatic rings. The first kappa shape index (κ1) is 17.7. The van der Waals surface area contributed by atoms with E-state index >= 15 is 0 Å². The lowest BCUT2D eigenvalue weighted by Crippen LogP contribution is -2.33. The van der Waals surface area contributed by atoms with Crippen LogP contribution in [-0.4, -0.2) is 39.0 Å². The number of rotatable bonds is 10. The fourth-order valence-corrected chi connectivity index (χ4v) is 2.76. The molecular formula is C14H24N2O4S. The lowest BCUT2D eigenvalue weighted by Gasteiger charge is -2.15. The Labute approximate surface area is 126 Å². The monoisotopic (exact) mass is 316 g/mol. The molecule has 0 aliphatic carbocycles. The van der Waals surface area contributed by atoms with Crippen LogP contribution in [0.25, 0.3) is 0 Å². The summed E-state index contributed by atoms with van der Waals surface area (Å²) in [5.74, 6) is 0.506. The summed E-state index contributed by atoms with van der Waals surface area (Å²) in [5.41, 5.74) is 6.19. The molecule has 0 saturated carbocycles. The SMILES string of the molecule is CCC(CCO)CNS(=O)(=O)CCOc1ccccc1N. The standard InChI is InChI=1S/C14H24N2O4S/c1-2-12(7-8-17)11-16-21(18,19)10-9-20-14-6-4-3-5-13(14)15/h3-6,12,16-17H,2,7-11,15H2,1H3. The second kappa shape index (κ2) is 8.86. The van der Waals surface area contributed by atoms with E-state index in [1.165, 1.54) is 0 Å². The predicted molar refractivity (Wildman–Crippen MR) is 83.6 cm³/mol. The summed E-state index contributed by atoms with van der Waals surface area (Å²) in [6.07, 6.45) is 1.41. The van der Waals surface area contributed by atoms with E-state index in [4.69, 9.17) is 15.6 Å². The molecule has 1 aromatic rings. The highest BCUT2D eigenvalue weighted by molar-refractivity contribution is 7.89. The van der Waals surface area contributed by atoms with E-state index in [-0.39, 0.29) is 24.9 Å². The van der Waals surface area contributed by atoms with Crippen LogP contribution in [0.4, 0.5) is 5.69 Å². The van der Waals surface area contributed by atoms with Crippen molar-refractivity contribution in [3.63, 3.8) is 0 Å². The van der Waals surface area contributed by atoms with Crippen LogP contribution in [-0.2, 0) is 10.0 Å². The summed E-state index contributed by atoms with van der Waals surface area (Å²) in [6.45, 7) is 2.42. The van der Waals surface area contributed by atoms with Crippen molar-refractivity contribution in [3.8, 4) is 5.75 Å². The zero-order valence-electron chi connectivity index (χ0n) is 12.3. The maximum Gasteiger partial charge on any atom is 0.214 e. The van der Waals surface area contributed by atoms with Crippen molar-refractivity contribution in [2.45, 2.75) is 19.8 Å². The van der Waals surface area contributed by atoms with Crippen LogP contribution in [0.5, 0.6) is 5.75 Å². The van der Waals surface area contributed by atoms with E-state index in [1.807, 2.05) is 6.92 Å². The second-order valence-corrected chi connectivity index (χ2v) is 6.77. The Kier molecular flexibility index (Phi) is 7.49. The van der Waals surface area contributed by atoms with E-state index in [2.05, 4.69) is 4.72 Å². The summed E-state index contributed by atoms with van der Waals surface area (Å²) in [4.78, 5) is 0. The summed E-state index contributed by atoms with van der Waals surface area (Å²) in [6, 6.07) is 6.96. The molecular weight excluding hydrogens is 292 g/mol. The highest BCUT2D eigenvalue weighted by atomic mass is 32.2. The Bertz CT molecular complexity index is 519. The van der Waals surface area contributed by atoms with Gasteiger partial charge in [-0.05, 0) is 24.5 Å². The number of nitrogen functional groups attached to an aromatic ring is 1. The van der Waals surface area contributed by atoms with Gasteiger partial charge in [0, 0.05) is 13.2 Å². The van der Waals surface area contributed by atoms with Gasteiger partial charge in [-0.25, -0.2) is 13.1 Å². The number of anilines is 1. The number of para-hydroxylation sites is 2. The minimum atomic E-state index is -3.39. The third-order valence-corrected chi connectivity index (χ3v) is 4.55. The van der Waals surface area contributed by atoms with Crippen LogP contribution >= 0.6 is 0 Å². The number of nitrogens with one attached hydrogen (secondary N) is 1. The molecule has 0 heterocycles. The van der Waals surface area contributed by atoms with Gasteiger partial charge in [0.1, 0.15) is 12.4 Å². The molecule has 0 bridgehead atoms. The molecule has 0 saturated heterocycles. The number of benzene rings is 1. The van der Waals surface area contributed by atoms with Crippen LogP contribution in [0.1, 0.15) is 19.8 Å². The first-order chi connectivity index (χ1) is 9.98. The average molecular weight is 316 g/mol. The molecule has 1 atom stereocenters. The van der Waals surface area contributed by atoms with Crippen LogP contribution in [0.3, 0.4) is 0 Å². The van der Waals surface area contributed by atoms with Crippen molar-refractivity contribution >= 4 is 15.7 Å². The van der Waals surface area contributed by atoms with Crippen LogP contribution < -0.4 is 15.2 Å².